The van der Waals surface area contributed by atoms with Gasteiger partial charge in [0.25, 0.3) is 0 Å². The molecule has 1 atom stereocenters. The van der Waals surface area contributed by atoms with Crippen molar-refractivity contribution in [2.45, 2.75) is 38.5 Å². The van der Waals surface area contributed by atoms with Crippen molar-refractivity contribution in [3.63, 3.8) is 0 Å². The minimum atomic E-state index is -0.224. The molecule has 0 bridgehead atoms. The highest BCUT2D eigenvalue weighted by Gasteiger charge is 2.31. The van der Waals surface area contributed by atoms with Crippen LogP contribution < -0.4 is 15.2 Å². The smallest absolute Gasteiger partial charge is 0.128 e. The Morgan fingerprint density at radius 2 is 2.25 bits per heavy atom. The molecule has 3 nitrogen and oxygen atoms in total. The Morgan fingerprint density at radius 1 is 1.40 bits per heavy atom. The fraction of sp³-hybridized carbons (Fsp3) is 0.375. The van der Waals surface area contributed by atoms with E-state index in [1.807, 2.05) is 18.2 Å². The van der Waals surface area contributed by atoms with E-state index in [0.717, 1.165) is 23.5 Å². The molecule has 0 saturated carbocycles. The summed E-state index contributed by atoms with van der Waals surface area (Å²) in [7, 11) is 0. The fourth-order valence-electron chi connectivity index (χ4n) is 2.52. The van der Waals surface area contributed by atoms with Crippen LogP contribution in [-0.4, -0.2) is 5.60 Å². The summed E-state index contributed by atoms with van der Waals surface area (Å²) in [6.45, 7) is 4.71. The van der Waals surface area contributed by atoms with Gasteiger partial charge >= 0.3 is 0 Å². The van der Waals surface area contributed by atoms with Gasteiger partial charge in [0.05, 0.1) is 0 Å². The number of benzene rings is 1. The van der Waals surface area contributed by atoms with Crippen LogP contribution in [0, 0.1) is 0 Å². The first-order valence-electron chi connectivity index (χ1n) is 6.76. The van der Waals surface area contributed by atoms with E-state index >= 15 is 0 Å². The van der Waals surface area contributed by atoms with E-state index in [-0.39, 0.29) is 11.6 Å². The maximum Gasteiger partial charge on any atom is 0.128 e. The molecule has 0 amide bonds. The summed E-state index contributed by atoms with van der Waals surface area (Å²) < 4.78 is 11.8. The van der Waals surface area contributed by atoms with Crippen LogP contribution in [0.3, 0.4) is 0 Å². The largest absolute Gasteiger partial charge is 0.489 e. The molecule has 106 valence electrons. The highest BCUT2D eigenvalue weighted by atomic mass is 32.1. The van der Waals surface area contributed by atoms with Crippen LogP contribution in [0.5, 0.6) is 11.5 Å². The van der Waals surface area contributed by atoms with Gasteiger partial charge in [-0.2, -0.15) is 11.3 Å². The normalized spacial score (nSPS) is 20.1. The van der Waals surface area contributed by atoms with Crippen molar-refractivity contribution in [3.8, 4) is 11.5 Å². The molecule has 2 N–H and O–H groups in total. The summed E-state index contributed by atoms with van der Waals surface area (Å²) in [6, 6.07) is 8.02. The standard InChI is InChI=1S/C16H19NO2S/c1-16(2)8-14(17)13-4-3-12(7-15(13)19-16)18-9-11-5-6-20-10-11/h3-7,10,14H,8-9,17H2,1-2H3. The zero-order valence-electron chi connectivity index (χ0n) is 11.8. The van der Waals surface area contributed by atoms with Crippen LogP contribution in [-0.2, 0) is 6.61 Å². The number of fused-ring (bicyclic) bond motifs is 1. The lowest BCUT2D eigenvalue weighted by atomic mass is 9.90. The predicted octanol–water partition coefficient (Wildman–Crippen LogP) is 3.89. The Morgan fingerprint density at radius 3 is 3.00 bits per heavy atom. The van der Waals surface area contributed by atoms with Gasteiger partial charge in [-0.15, -0.1) is 0 Å². The summed E-state index contributed by atoms with van der Waals surface area (Å²) in [5.74, 6) is 1.66. The molecule has 0 spiro atoms. The van der Waals surface area contributed by atoms with Crippen LogP contribution in [0.2, 0.25) is 0 Å². The molecule has 2 aromatic rings. The Hall–Kier alpha value is -1.52. The molecule has 4 heteroatoms. The van der Waals surface area contributed by atoms with E-state index < -0.39 is 0 Å². The van der Waals surface area contributed by atoms with Crippen LogP contribution in [0.1, 0.15) is 37.4 Å². The first-order valence-corrected chi connectivity index (χ1v) is 7.70. The van der Waals surface area contributed by atoms with E-state index in [4.69, 9.17) is 15.2 Å². The third kappa shape index (κ3) is 2.81. The number of hydrogen-bond acceptors (Lipinski definition) is 4. The highest BCUT2D eigenvalue weighted by molar-refractivity contribution is 7.07. The van der Waals surface area contributed by atoms with E-state index in [9.17, 15) is 0 Å². The van der Waals surface area contributed by atoms with E-state index in [1.165, 1.54) is 5.56 Å². The van der Waals surface area contributed by atoms with Gasteiger partial charge in [0.2, 0.25) is 0 Å². The SMILES string of the molecule is CC1(C)CC(N)c2ccc(OCc3ccsc3)cc2O1. The molecular formula is C16H19NO2S. The second-order valence-electron chi connectivity index (χ2n) is 5.79. The van der Waals surface area contributed by atoms with Gasteiger partial charge in [-0.25, -0.2) is 0 Å². The lowest BCUT2D eigenvalue weighted by Gasteiger charge is -2.36. The molecule has 1 aromatic carbocycles. The van der Waals surface area contributed by atoms with Crippen molar-refractivity contribution in [3.05, 3.63) is 46.2 Å². The first kappa shape index (κ1) is 13.5. The van der Waals surface area contributed by atoms with Crippen LogP contribution >= 0.6 is 11.3 Å². The number of nitrogens with two attached hydrogens (primary N) is 1. The lowest BCUT2D eigenvalue weighted by Crippen LogP contribution is -2.37. The van der Waals surface area contributed by atoms with Crippen molar-refractivity contribution in [1.82, 2.24) is 0 Å². The number of ether oxygens (including phenoxy) is 2. The molecule has 3 rings (SSSR count). The average molecular weight is 289 g/mol. The van der Waals surface area contributed by atoms with Gasteiger partial charge in [0, 0.05) is 24.1 Å². The summed E-state index contributed by atoms with van der Waals surface area (Å²) in [5, 5.41) is 4.14. The van der Waals surface area contributed by atoms with Gasteiger partial charge in [-0.3, -0.25) is 0 Å². The van der Waals surface area contributed by atoms with Crippen molar-refractivity contribution < 1.29 is 9.47 Å². The zero-order chi connectivity index (χ0) is 14.2. The fourth-order valence-corrected chi connectivity index (χ4v) is 3.17. The minimum Gasteiger partial charge on any atom is -0.489 e. The Balaban J connectivity index is 1.78. The second kappa shape index (κ2) is 5.11. The molecule has 20 heavy (non-hydrogen) atoms. The molecule has 0 saturated heterocycles. The van der Waals surface area contributed by atoms with Crippen molar-refractivity contribution in [2.75, 3.05) is 0 Å². The van der Waals surface area contributed by atoms with Crippen molar-refractivity contribution in [2.24, 2.45) is 5.73 Å². The second-order valence-corrected chi connectivity index (χ2v) is 6.57. The first-order chi connectivity index (χ1) is 9.53. The Bertz CT molecular complexity index is 593. The quantitative estimate of drug-likeness (QED) is 0.932. The molecule has 1 aromatic heterocycles. The number of rotatable bonds is 3. The number of hydrogen-bond donors (Lipinski definition) is 1. The predicted molar refractivity (Wildman–Crippen MR) is 81.3 cm³/mol. The van der Waals surface area contributed by atoms with Crippen molar-refractivity contribution >= 4 is 11.3 Å². The third-order valence-corrected chi connectivity index (χ3v) is 4.20. The van der Waals surface area contributed by atoms with Gasteiger partial charge in [-0.1, -0.05) is 6.07 Å². The topological polar surface area (TPSA) is 44.5 Å². The molecule has 1 aliphatic heterocycles. The molecule has 0 aliphatic carbocycles. The van der Waals surface area contributed by atoms with Gasteiger partial charge in [-0.05, 0) is 42.3 Å². The van der Waals surface area contributed by atoms with Crippen LogP contribution in [0.4, 0.5) is 0 Å². The van der Waals surface area contributed by atoms with Crippen molar-refractivity contribution in [1.29, 1.82) is 0 Å². The summed E-state index contributed by atoms with van der Waals surface area (Å²) in [6.07, 6.45) is 0.828. The van der Waals surface area contributed by atoms with Crippen LogP contribution in [0.25, 0.3) is 0 Å². The van der Waals surface area contributed by atoms with E-state index in [0.29, 0.717) is 6.61 Å². The van der Waals surface area contributed by atoms with Gasteiger partial charge in [0.1, 0.15) is 23.7 Å². The molecular weight excluding hydrogens is 270 g/mol. The molecule has 0 fully saturated rings. The minimum absolute atomic E-state index is 0.0275. The van der Waals surface area contributed by atoms with E-state index in [2.05, 4.69) is 30.7 Å². The Labute approximate surface area is 123 Å². The third-order valence-electron chi connectivity index (χ3n) is 3.47. The molecule has 2 heterocycles. The van der Waals surface area contributed by atoms with Gasteiger partial charge in [0.15, 0.2) is 0 Å². The summed E-state index contributed by atoms with van der Waals surface area (Å²) in [4.78, 5) is 0. The maximum atomic E-state index is 6.20. The molecule has 1 unspecified atom stereocenters. The maximum absolute atomic E-state index is 6.20. The average Bonchev–Trinajstić information content (AvgIpc) is 2.87. The van der Waals surface area contributed by atoms with Gasteiger partial charge < -0.3 is 15.2 Å². The lowest BCUT2D eigenvalue weighted by molar-refractivity contribution is 0.0724. The molecule has 1 aliphatic rings. The summed E-state index contributed by atoms with van der Waals surface area (Å²) in [5.41, 5.74) is 8.23. The Kier molecular flexibility index (Phi) is 3.44. The zero-order valence-corrected chi connectivity index (χ0v) is 12.6. The summed E-state index contributed by atoms with van der Waals surface area (Å²) >= 11 is 1.68. The highest BCUT2D eigenvalue weighted by Crippen LogP contribution is 2.40. The number of thiophene rings is 1. The van der Waals surface area contributed by atoms with E-state index in [1.54, 1.807) is 11.3 Å². The molecule has 0 radical (unpaired) electrons. The monoisotopic (exact) mass is 289 g/mol. The van der Waals surface area contributed by atoms with Crippen LogP contribution in [0.15, 0.2) is 35.0 Å².